The number of amides is 2. The highest BCUT2D eigenvalue weighted by Gasteiger charge is 2.29. The Morgan fingerprint density at radius 2 is 1.82 bits per heavy atom. The maximum Gasteiger partial charge on any atom is 0.261 e. The highest BCUT2D eigenvalue weighted by atomic mass is 35.5. The van der Waals surface area contributed by atoms with Crippen LogP contribution in [0.15, 0.2) is 42.5 Å². The zero-order valence-corrected chi connectivity index (χ0v) is 17.8. The van der Waals surface area contributed by atoms with Crippen LogP contribution in [0.1, 0.15) is 18.9 Å². The van der Waals surface area contributed by atoms with E-state index in [0.29, 0.717) is 32.8 Å². The number of ether oxygens (including phenoxy) is 1. The smallest absolute Gasteiger partial charge is 0.261 e. The number of halogens is 3. The Bertz CT molecular complexity index is 845. The highest BCUT2D eigenvalue weighted by molar-refractivity contribution is 6.35. The van der Waals surface area contributed by atoms with Crippen molar-refractivity contribution in [2.75, 3.05) is 13.7 Å². The standard InChI is InChI=1S/C20H21Cl3N2O3/c1-3-17(20(27)24-2)25(11-13-8-9-14(21)10-16(13)23)19(26)12-28-18-7-5-4-6-15(18)22/h4-10,17H,3,11-12H2,1-2H3,(H,24,27)/t17-/m0/s1. The van der Waals surface area contributed by atoms with E-state index in [4.69, 9.17) is 39.5 Å². The summed E-state index contributed by atoms with van der Waals surface area (Å²) in [5.41, 5.74) is 0.680. The number of benzene rings is 2. The summed E-state index contributed by atoms with van der Waals surface area (Å²) in [6, 6.07) is 11.2. The molecule has 0 bridgehead atoms. The van der Waals surface area contributed by atoms with Crippen LogP contribution < -0.4 is 10.1 Å². The fourth-order valence-electron chi connectivity index (χ4n) is 2.70. The molecule has 8 heteroatoms. The molecule has 0 aliphatic heterocycles. The van der Waals surface area contributed by atoms with Crippen molar-refractivity contribution in [3.63, 3.8) is 0 Å². The minimum atomic E-state index is -0.668. The Morgan fingerprint density at radius 3 is 2.43 bits per heavy atom. The molecular formula is C20H21Cl3N2O3. The van der Waals surface area contributed by atoms with Crippen LogP contribution in [0.4, 0.5) is 0 Å². The molecule has 0 saturated heterocycles. The lowest BCUT2D eigenvalue weighted by molar-refractivity contribution is -0.142. The first-order chi connectivity index (χ1) is 13.4. The van der Waals surface area contributed by atoms with Crippen LogP contribution in [0.3, 0.4) is 0 Å². The number of hydrogen-bond donors (Lipinski definition) is 1. The summed E-state index contributed by atoms with van der Waals surface area (Å²) in [4.78, 5) is 26.7. The molecule has 150 valence electrons. The van der Waals surface area contributed by atoms with Gasteiger partial charge in [0.1, 0.15) is 11.8 Å². The van der Waals surface area contributed by atoms with Crippen LogP contribution in [0.5, 0.6) is 5.75 Å². The van der Waals surface area contributed by atoms with Gasteiger partial charge in [0.15, 0.2) is 6.61 Å². The first-order valence-corrected chi connectivity index (χ1v) is 9.83. The van der Waals surface area contributed by atoms with Crippen LogP contribution in [0.2, 0.25) is 15.1 Å². The molecule has 2 aromatic carbocycles. The Kier molecular flexibility index (Phi) is 8.42. The lowest BCUT2D eigenvalue weighted by Gasteiger charge is -2.30. The molecule has 1 atom stereocenters. The Hall–Kier alpha value is -1.95. The average Bonchev–Trinajstić information content (AvgIpc) is 2.68. The topological polar surface area (TPSA) is 58.6 Å². The molecule has 2 amide bonds. The molecule has 0 aromatic heterocycles. The van der Waals surface area contributed by atoms with E-state index in [1.165, 1.54) is 11.9 Å². The number of para-hydroxylation sites is 1. The van der Waals surface area contributed by atoms with E-state index in [1.807, 2.05) is 6.92 Å². The number of likely N-dealkylation sites (N-methyl/N-ethyl adjacent to an activating group) is 1. The molecule has 1 N–H and O–H groups in total. The van der Waals surface area contributed by atoms with Gasteiger partial charge in [-0.2, -0.15) is 0 Å². The van der Waals surface area contributed by atoms with Gasteiger partial charge in [0, 0.05) is 23.6 Å². The van der Waals surface area contributed by atoms with Crippen LogP contribution in [-0.4, -0.2) is 36.4 Å². The number of carbonyl (C=O) groups is 2. The molecule has 0 heterocycles. The Labute approximate surface area is 179 Å². The maximum absolute atomic E-state index is 12.9. The molecule has 0 radical (unpaired) electrons. The quantitative estimate of drug-likeness (QED) is 0.650. The van der Waals surface area contributed by atoms with Crippen molar-refractivity contribution in [3.05, 3.63) is 63.1 Å². The second kappa shape index (κ2) is 10.6. The van der Waals surface area contributed by atoms with E-state index in [9.17, 15) is 9.59 Å². The molecule has 2 aromatic rings. The van der Waals surface area contributed by atoms with E-state index < -0.39 is 6.04 Å². The molecule has 0 spiro atoms. The molecule has 0 saturated carbocycles. The van der Waals surface area contributed by atoms with Crippen LogP contribution in [0, 0.1) is 0 Å². The molecular weight excluding hydrogens is 423 g/mol. The third kappa shape index (κ3) is 5.77. The van der Waals surface area contributed by atoms with E-state index in [0.717, 1.165) is 0 Å². The van der Waals surface area contributed by atoms with Crippen molar-refractivity contribution in [3.8, 4) is 5.75 Å². The van der Waals surface area contributed by atoms with Gasteiger partial charge in [-0.05, 0) is 36.2 Å². The van der Waals surface area contributed by atoms with Crippen LogP contribution in [-0.2, 0) is 16.1 Å². The number of nitrogens with zero attached hydrogens (tertiary/aromatic N) is 1. The molecule has 2 rings (SSSR count). The molecule has 28 heavy (non-hydrogen) atoms. The number of carbonyl (C=O) groups excluding carboxylic acids is 2. The Balaban J connectivity index is 2.24. The number of rotatable bonds is 8. The maximum atomic E-state index is 12.9. The van der Waals surface area contributed by atoms with E-state index in [-0.39, 0.29) is 25.0 Å². The molecule has 0 aliphatic carbocycles. The molecule has 5 nitrogen and oxygen atoms in total. The SMILES string of the molecule is CC[C@@H](C(=O)NC)N(Cc1ccc(Cl)cc1Cl)C(=O)COc1ccccc1Cl. The predicted octanol–water partition coefficient (Wildman–Crippen LogP) is 4.58. The van der Waals surface area contributed by atoms with Crippen molar-refractivity contribution in [1.29, 1.82) is 0 Å². The summed E-state index contributed by atoms with van der Waals surface area (Å²) in [5.74, 6) is -0.227. The monoisotopic (exact) mass is 442 g/mol. The fraction of sp³-hybridized carbons (Fsp3) is 0.300. The summed E-state index contributed by atoms with van der Waals surface area (Å²) in [6.07, 6.45) is 0.433. The highest BCUT2D eigenvalue weighted by Crippen LogP contribution is 2.25. The third-order valence-corrected chi connectivity index (χ3v) is 5.08. The molecule has 0 fully saturated rings. The van der Waals surface area contributed by atoms with Crippen molar-refractivity contribution in [2.45, 2.75) is 25.9 Å². The normalized spacial score (nSPS) is 11.6. The second-order valence-electron chi connectivity index (χ2n) is 6.01. The largest absolute Gasteiger partial charge is 0.482 e. The first-order valence-electron chi connectivity index (χ1n) is 8.69. The number of nitrogens with one attached hydrogen (secondary N) is 1. The van der Waals surface area contributed by atoms with E-state index in [1.54, 1.807) is 42.5 Å². The van der Waals surface area contributed by atoms with Gasteiger partial charge >= 0.3 is 0 Å². The van der Waals surface area contributed by atoms with E-state index in [2.05, 4.69) is 5.32 Å². The molecule has 0 aliphatic rings. The molecule has 0 unspecified atom stereocenters. The summed E-state index contributed by atoms with van der Waals surface area (Å²) in [7, 11) is 1.53. The van der Waals surface area contributed by atoms with E-state index >= 15 is 0 Å². The minimum Gasteiger partial charge on any atom is -0.482 e. The first kappa shape index (κ1) is 22.3. The van der Waals surface area contributed by atoms with Gasteiger partial charge in [-0.1, -0.05) is 59.9 Å². The van der Waals surface area contributed by atoms with Crippen molar-refractivity contribution < 1.29 is 14.3 Å². The number of hydrogen-bond acceptors (Lipinski definition) is 3. The summed E-state index contributed by atoms with van der Waals surface area (Å²) < 4.78 is 5.57. The van der Waals surface area contributed by atoms with Gasteiger partial charge in [-0.15, -0.1) is 0 Å². The lowest BCUT2D eigenvalue weighted by atomic mass is 10.1. The predicted molar refractivity (Wildman–Crippen MR) is 112 cm³/mol. The Morgan fingerprint density at radius 1 is 1.11 bits per heavy atom. The van der Waals surface area contributed by atoms with Crippen molar-refractivity contribution >= 4 is 46.6 Å². The fourth-order valence-corrected chi connectivity index (χ4v) is 3.36. The van der Waals surface area contributed by atoms with Gasteiger partial charge in [0.25, 0.3) is 5.91 Å². The van der Waals surface area contributed by atoms with Crippen molar-refractivity contribution in [2.24, 2.45) is 0 Å². The van der Waals surface area contributed by atoms with Crippen LogP contribution >= 0.6 is 34.8 Å². The lowest BCUT2D eigenvalue weighted by Crippen LogP contribution is -2.49. The summed E-state index contributed by atoms with van der Waals surface area (Å²) in [5, 5.41) is 3.91. The van der Waals surface area contributed by atoms with Gasteiger partial charge in [0.2, 0.25) is 5.91 Å². The zero-order chi connectivity index (χ0) is 20.7. The zero-order valence-electron chi connectivity index (χ0n) is 15.5. The van der Waals surface area contributed by atoms with Crippen molar-refractivity contribution in [1.82, 2.24) is 10.2 Å². The summed E-state index contributed by atoms with van der Waals surface area (Å²) >= 11 is 18.3. The van der Waals surface area contributed by atoms with Gasteiger partial charge in [0.05, 0.1) is 5.02 Å². The summed E-state index contributed by atoms with van der Waals surface area (Å²) in [6.45, 7) is 1.72. The third-order valence-electron chi connectivity index (χ3n) is 4.18. The van der Waals surface area contributed by atoms with Crippen LogP contribution in [0.25, 0.3) is 0 Å². The minimum absolute atomic E-state index is 0.145. The van der Waals surface area contributed by atoms with Gasteiger partial charge in [-0.25, -0.2) is 0 Å². The average molecular weight is 444 g/mol. The van der Waals surface area contributed by atoms with Gasteiger partial charge < -0.3 is 15.0 Å². The van der Waals surface area contributed by atoms with Gasteiger partial charge in [-0.3, -0.25) is 9.59 Å². The second-order valence-corrected chi connectivity index (χ2v) is 7.27.